The monoisotopic (exact) mass is 560 g/mol. The molecule has 1 saturated carbocycles. The van der Waals surface area contributed by atoms with Crippen molar-refractivity contribution in [3.05, 3.63) is 65.3 Å². The Morgan fingerprint density at radius 3 is 2.51 bits per heavy atom. The number of halogens is 1. The molecule has 2 heterocycles. The zero-order valence-electron chi connectivity index (χ0n) is 24.5. The van der Waals surface area contributed by atoms with E-state index in [0.29, 0.717) is 17.5 Å². The minimum Gasteiger partial charge on any atom is -0.382 e. The SMILES string of the molecule is C=C1/C=C\C(C#N)=NC/C(N(C)C2CCCCC2)=C(/C#N)C(=O)N1C.Cc1cc(F)ccc1NCC1CCCCO1. The molecule has 0 spiro atoms. The predicted molar refractivity (Wildman–Crippen MR) is 159 cm³/mol. The number of benzene rings is 1. The third-order valence-corrected chi connectivity index (χ3v) is 7.83. The van der Waals surface area contributed by atoms with Crippen LogP contribution in [0.2, 0.25) is 0 Å². The number of aliphatic imine (C=N–C) groups is 1. The third kappa shape index (κ3) is 9.03. The summed E-state index contributed by atoms with van der Waals surface area (Å²) in [5.74, 6) is -0.581. The number of ether oxygens (including phenoxy) is 1. The molecule has 2 aliphatic heterocycles. The number of amides is 1. The first-order valence-electron chi connectivity index (χ1n) is 14.3. The predicted octanol–water partition coefficient (Wildman–Crippen LogP) is 5.65. The van der Waals surface area contributed by atoms with E-state index in [-0.39, 0.29) is 29.7 Å². The van der Waals surface area contributed by atoms with E-state index in [1.165, 1.54) is 30.2 Å². The number of aryl methyl sites for hydroxylation is 1. The van der Waals surface area contributed by atoms with Crippen LogP contribution >= 0.6 is 0 Å². The van der Waals surface area contributed by atoms with Gasteiger partial charge in [0.15, 0.2) is 0 Å². The lowest BCUT2D eigenvalue weighted by Gasteiger charge is -2.35. The summed E-state index contributed by atoms with van der Waals surface area (Å²) < 4.78 is 18.5. The molecule has 1 aliphatic carbocycles. The Bertz CT molecular complexity index is 1260. The highest BCUT2D eigenvalue weighted by atomic mass is 19.1. The zero-order valence-corrected chi connectivity index (χ0v) is 24.5. The van der Waals surface area contributed by atoms with Gasteiger partial charge in [0.25, 0.3) is 5.91 Å². The first-order chi connectivity index (χ1) is 19.7. The number of rotatable bonds is 5. The summed E-state index contributed by atoms with van der Waals surface area (Å²) in [5.41, 5.74) is 3.22. The smallest absolute Gasteiger partial charge is 0.270 e. The van der Waals surface area contributed by atoms with Crippen molar-refractivity contribution in [1.82, 2.24) is 9.80 Å². The van der Waals surface area contributed by atoms with Gasteiger partial charge in [-0.2, -0.15) is 10.5 Å². The van der Waals surface area contributed by atoms with Gasteiger partial charge in [0, 0.05) is 44.7 Å². The normalized spacial score (nSPS) is 22.8. The molecule has 41 heavy (non-hydrogen) atoms. The second-order valence-corrected chi connectivity index (χ2v) is 10.7. The van der Waals surface area contributed by atoms with Crippen molar-refractivity contribution in [2.24, 2.45) is 4.99 Å². The standard InChI is InChI=1S/C19H23N5O.C13H18FNO/c1-14-9-10-15(11-20)22-13-18(17(12-21)19(25)23(14)2)24(3)16-7-5-4-6-8-16;1-10-8-11(14)5-6-13(10)15-9-12-4-2-3-7-16-12/h9-10,16H,1,4-8,13H2,2-3H3;5-6,8,12,15H,2-4,7,9H2,1H3/b10-9-,18-17+,22-15?;. The third-order valence-electron chi connectivity index (χ3n) is 7.83. The largest absolute Gasteiger partial charge is 0.382 e. The zero-order chi connectivity index (χ0) is 29.8. The van der Waals surface area contributed by atoms with Gasteiger partial charge in [-0.1, -0.05) is 25.8 Å². The molecule has 8 nitrogen and oxygen atoms in total. The van der Waals surface area contributed by atoms with Crippen LogP contribution in [0.25, 0.3) is 0 Å². The van der Waals surface area contributed by atoms with Crippen LogP contribution in [0, 0.1) is 35.4 Å². The van der Waals surface area contributed by atoms with E-state index in [4.69, 9.17) is 4.74 Å². The molecule has 0 bridgehead atoms. The molecule has 1 unspecified atom stereocenters. The Hall–Kier alpha value is -3.95. The van der Waals surface area contributed by atoms with E-state index in [0.717, 1.165) is 56.5 Å². The molecule has 1 amide bonds. The van der Waals surface area contributed by atoms with Gasteiger partial charge in [-0.15, -0.1) is 0 Å². The average molecular weight is 561 g/mol. The van der Waals surface area contributed by atoms with E-state index >= 15 is 0 Å². The lowest BCUT2D eigenvalue weighted by atomic mass is 9.93. The van der Waals surface area contributed by atoms with Crippen LogP contribution < -0.4 is 5.32 Å². The first kappa shape index (κ1) is 31.6. The summed E-state index contributed by atoms with van der Waals surface area (Å²) in [4.78, 5) is 20.4. The number of anilines is 1. The fourth-order valence-electron chi connectivity index (χ4n) is 5.18. The molecule has 1 atom stereocenters. The van der Waals surface area contributed by atoms with E-state index in [1.54, 1.807) is 31.3 Å². The maximum Gasteiger partial charge on any atom is 0.270 e. The molecule has 0 radical (unpaired) electrons. The van der Waals surface area contributed by atoms with E-state index in [2.05, 4.69) is 23.0 Å². The molecule has 1 N–H and O–H groups in total. The minimum atomic E-state index is -0.398. The number of nitrogens with one attached hydrogen (secondary N) is 1. The van der Waals surface area contributed by atoms with Gasteiger partial charge in [-0.3, -0.25) is 9.79 Å². The summed E-state index contributed by atoms with van der Waals surface area (Å²) in [7, 11) is 3.49. The van der Waals surface area contributed by atoms with Gasteiger partial charge >= 0.3 is 0 Å². The van der Waals surface area contributed by atoms with Crippen LogP contribution in [0.15, 0.2) is 58.9 Å². The van der Waals surface area contributed by atoms with Crippen molar-refractivity contribution < 1.29 is 13.9 Å². The van der Waals surface area contributed by atoms with Crippen LogP contribution in [0.3, 0.4) is 0 Å². The lowest BCUT2D eigenvalue weighted by molar-refractivity contribution is -0.123. The Balaban J connectivity index is 0.000000248. The number of hydrogen-bond donors (Lipinski definition) is 1. The molecule has 4 rings (SSSR count). The number of carbonyl (C=O) groups excluding carboxylic acids is 1. The maximum absolute atomic E-state index is 12.9. The van der Waals surface area contributed by atoms with Gasteiger partial charge in [-0.25, -0.2) is 4.39 Å². The van der Waals surface area contributed by atoms with Crippen molar-refractivity contribution in [3.8, 4) is 12.1 Å². The van der Waals surface area contributed by atoms with Gasteiger partial charge in [0.1, 0.15) is 29.2 Å². The molecule has 218 valence electrons. The van der Waals surface area contributed by atoms with Crippen molar-refractivity contribution in [2.75, 3.05) is 39.1 Å². The van der Waals surface area contributed by atoms with E-state index in [9.17, 15) is 19.7 Å². The van der Waals surface area contributed by atoms with E-state index < -0.39 is 5.91 Å². The summed E-state index contributed by atoms with van der Waals surface area (Å²) in [6.07, 6.45) is 12.5. The lowest BCUT2D eigenvalue weighted by Crippen LogP contribution is -2.37. The van der Waals surface area contributed by atoms with Crippen LogP contribution in [-0.4, -0.2) is 67.4 Å². The summed E-state index contributed by atoms with van der Waals surface area (Å²) >= 11 is 0. The molecule has 3 aliphatic rings. The number of hydrogen-bond acceptors (Lipinski definition) is 7. The summed E-state index contributed by atoms with van der Waals surface area (Å²) in [5, 5.41) is 22.2. The van der Waals surface area contributed by atoms with Crippen molar-refractivity contribution >= 4 is 17.3 Å². The maximum atomic E-state index is 12.9. The molecule has 2 fully saturated rings. The van der Waals surface area contributed by atoms with Crippen LogP contribution in [0.5, 0.6) is 0 Å². The Morgan fingerprint density at radius 2 is 1.88 bits per heavy atom. The number of allylic oxidation sites excluding steroid dienone is 2. The van der Waals surface area contributed by atoms with E-state index in [1.807, 2.05) is 24.9 Å². The number of nitrogens with zero attached hydrogens (tertiary/aromatic N) is 5. The fourth-order valence-corrected chi connectivity index (χ4v) is 5.18. The number of nitriles is 2. The molecule has 0 aromatic heterocycles. The van der Waals surface area contributed by atoms with Crippen molar-refractivity contribution in [2.45, 2.75) is 70.4 Å². The van der Waals surface area contributed by atoms with Gasteiger partial charge in [0.05, 0.1) is 18.3 Å². The summed E-state index contributed by atoms with van der Waals surface area (Å²) in [6.45, 7) is 7.55. The number of carbonyl (C=O) groups is 1. The molecular weight excluding hydrogens is 519 g/mol. The highest BCUT2D eigenvalue weighted by Crippen LogP contribution is 2.26. The van der Waals surface area contributed by atoms with Gasteiger partial charge in [-0.05, 0) is 74.9 Å². The first-order valence-corrected chi connectivity index (χ1v) is 14.3. The van der Waals surface area contributed by atoms with Gasteiger partial charge in [0.2, 0.25) is 0 Å². The Kier molecular flexibility index (Phi) is 12.1. The van der Waals surface area contributed by atoms with Crippen LogP contribution in [0.1, 0.15) is 56.9 Å². The Morgan fingerprint density at radius 1 is 1.15 bits per heavy atom. The van der Waals surface area contributed by atoms with Crippen molar-refractivity contribution in [1.29, 1.82) is 10.5 Å². The molecular formula is C32H41FN6O2. The van der Waals surface area contributed by atoms with Crippen LogP contribution in [0.4, 0.5) is 10.1 Å². The quantitative estimate of drug-likeness (QED) is 0.499. The number of likely N-dealkylation sites (N-methyl/N-ethyl adjacent to an activating group) is 2. The second-order valence-electron chi connectivity index (χ2n) is 10.7. The molecule has 1 aromatic rings. The highest BCUT2D eigenvalue weighted by Gasteiger charge is 2.27. The van der Waals surface area contributed by atoms with Gasteiger partial charge < -0.3 is 19.9 Å². The highest BCUT2D eigenvalue weighted by molar-refractivity contribution is 6.08. The Labute approximate surface area is 243 Å². The fraction of sp³-hybridized carbons (Fsp3) is 0.500. The molecule has 1 aromatic carbocycles. The summed E-state index contributed by atoms with van der Waals surface area (Å²) in [6, 6.07) is 9.18. The minimum absolute atomic E-state index is 0.0630. The topological polar surface area (TPSA) is 105 Å². The van der Waals surface area contributed by atoms with Crippen molar-refractivity contribution in [3.63, 3.8) is 0 Å². The molecule has 1 saturated heterocycles. The molecule has 9 heteroatoms. The van der Waals surface area contributed by atoms with Crippen LogP contribution in [-0.2, 0) is 9.53 Å². The second kappa shape index (κ2) is 15.7. The average Bonchev–Trinajstić information content (AvgIpc) is 3.00.